The van der Waals surface area contributed by atoms with Crippen molar-refractivity contribution in [2.75, 3.05) is 16.4 Å². The van der Waals surface area contributed by atoms with Crippen LogP contribution < -0.4 is 16.0 Å². The van der Waals surface area contributed by atoms with Crippen LogP contribution in [0.2, 0.25) is 0 Å². The minimum atomic E-state index is -0.418. The van der Waals surface area contributed by atoms with E-state index in [0.717, 1.165) is 0 Å². The molecule has 0 aliphatic rings. The van der Waals surface area contributed by atoms with Crippen LogP contribution in [0.15, 0.2) is 28.6 Å². The van der Waals surface area contributed by atoms with Gasteiger partial charge in [-0.1, -0.05) is 29.2 Å². The summed E-state index contributed by atoms with van der Waals surface area (Å²) in [6.45, 7) is 5.60. The third-order valence-corrected chi connectivity index (χ3v) is 4.52. The van der Waals surface area contributed by atoms with Crippen LogP contribution in [0.3, 0.4) is 0 Å². The molecule has 2 aromatic rings. The van der Waals surface area contributed by atoms with Gasteiger partial charge in [-0.15, -0.1) is 10.2 Å². The Morgan fingerprint density at radius 2 is 2.00 bits per heavy atom. The molecule has 25 heavy (non-hydrogen) atoms. The molecule has 0 fully saturated rings. The Labute approximate surface area is 152 Å². The van der Waals surface area contributed by atoms with Gasteiger partial charge in [0.05, 0.1) is 5.75 Å². The second-order valence-electron chi connectivity index (χ2n) is 6.05. The summed E-state index contributed by atoms with van der Waals surface area (Å²) in [7, 11) is 0. The van der Waals surface area contributed by atoms with Crippen molar-refractivity contribution in [1.82, 2.24) is 15.5 Å². The standard InChI is InChI=1S/C15H18FN5O2S2/c1-15(2,3)19-12(23)18-13-20-21-14(25-13)24-8-11(22)17-10-6-4-5-9(16)7-10/h4-7H,8H2,1-3H3,(H,17,22)(H2,18,19,20,23). The molecule has 134 valence electrons. The van der Waals surface area contributed by atoms with Crippen molar-refractivity contribution in [3.05, 3.63) is 30.1 Å². The number of carbonyl (C=O) groups is 2. The van der Waals surface area contributed by atoms with Gasteiger partial charge in [0.1, 0.15) is 5.82 Å². The van der Waals surface area contributed by atoms with Crippen LogP contribution in [0.1, 0.15) is 20.8 Å². The number of carbonyl (C=O) groups excluding carboxylic acids is 2. The average molecular weight is 383 g/mol. The molecule has 0 aliphatic heterocycles. The summed E-state index contributed by atoms with van der Waals surface area (Å²) in [6.07, 6.45) is 0. The summed E-state index contributed by atoms with van der Waals surface area (Å²) in [5, 5.41) is 16.0. The number of anilines is 2. The Kier molecular flexibility index (Phi) is 6.32. The molecule has 1 aromatic carbocycles. The summed E-state index contributed by atoms with van der Waals surface area (Å²) < 4.78 is 13.6. The molecule has 3 N–H and O–H groups in total. The lowest BCUT2D eigenvalue weighted by Gasteiger charge is -2.19. The third-order valence-electron chi connectivity index (χ3n) is 2.55. The highest BCUT2D eigenvalue weighted by Gasteiger charge is 2.15. The van der Waals surface area contributed by atoms with Crippen molar-refractivity contribution in [3.8, 4) is 0 Å². The highest BCUT2D eigenvalue weighted by molar-refractivity contribution is 8.01. The molecule has 10 heteroatoms. The number of amides is 3. The number of rotatable bonds is 5. The van der Waals surface area contributed by atoms with Gasteiger partial charge in [-0.2, -0.15) is 0 Å². The third kappa shape index (κ3) is 7.06. The van der Waals surface area contributed by atoms with E-state index < -0.39 is 5.82 Å². The second-order valence-corrected chi connectivity index (χ2v) is 8.25. The number of halogens is 1. The fourth-order valence-electron chi connectivity index (χ4n) is 1.68. The first-order valence-electron chi connectivity index (χ1n) is 7.32. The van der Waals surface area contributed by atoms with Gasteiger partial charge in [0, 0.05) is 11.2 Å². The number of thioether (sulfide) groups is 1. The van der Waals surface area contributed by atoms with E-state index in [9.17, 15) is 14.0 Å². The van der Waals surface area contributed by atoms with Gasteiger partial charge in [-0.3, -0.25) is 10.1 Å². The predicted octanol–water partition coefficient (Wildman–Crippen LogP) is 3.33. The van der Waals surface area contributed by atoms with Crippen LogP contribution in [-0.2, 0) is 4.79 Å². The lowest BCUT2D eigenvalue weighted by Crippen LogP contribution is -2.43. The van der Waals surface area contributed by atoms with Gasteiger partial charge >= 0.3 is 6.03 Å². The lowest BCUT2D eigenvalue weighted by molar-refractivity contribution is -0.113. The molecule has 1 heterocycles. The molecule has 0 saturated heterocycles. The van der Waals surface area contributed by atoms with Crippen molar-refractivity contribution in [2.24, 2.45) is 0 Å². The molecular weight excluding hydrogens is 365 g/mol. The summed E-state index contributed by atoms with van der Waals surface area (Å²) >= 11 is 2.35. The quantitative estimate of drug-likeness (QED) is 0.544. The molecule has 0 atom stereocenters. The molecule has 7 nitrogen and oxygen atoms in total. The van der Waals surface area contributed by atoms with E-state index in [2.05, 4.69) is 26.1 Å². The summed E-state index contributed by atoms with van der Waals surface area (Å²) in [5.74, 6) is -0.608. The summed E-state index contributed by atoms with van der Waals surface area (Å²) in [5.41, 5.74) is 0.0329. The topological polar surface area (TPSA) is 96.0 Å². The normalized spacial score (nSPS) is 11.0. The number of benzene rings is 1. The SMILES string of the molecule is CC(C)(C)NC(=O)Nc1nnc(SCC(=O)Nc2cccc(F)c2)s1. The Morgan fingerprint density at radius 3 is 2.68 bits per heavy atom. The zero-order valence-electron chi connectivity index (χ0n) is 13.9. The van der Waals surface area contributed by atoms with Crippen molar-refractivity contribution < 1.29 is 14.0 Å². The van der Waals surface area contributed by atoms with Crippen LogP contribution in [0.5, 0.6) is 0 Å². The summed E-state index contributed by atoms with van der Waals surface area (Å²) in [4.78, 5) is 23.6. The minimum Gasteiger partial charge on any atom is -0.333 e. The molecular formula is C15H18FN5O2S2. The fourth-order valence-corrected chi connectivity index (χ4v) is 3.23. The zero-order valence-corrected chi connectivity index (χ0v) is 15.6. The maximum atomic E-state index is 13.1. The Hall–Kier alpha value is -2.20. The number of urea groups is 1. The molecule has 0 radical (unpaired) electrons. The molecule has 0 spiro atoms. The number of hydrogen-bond donors (Lipinski definition) is 3. The first kappa shape index (κ1) is 19.1. The van der Waals surface area contributed by atoms with Gasteiger partial charge in [-0.05, 0) is 39.0 Å². The van der Waals surface area contributed by atoms with Crippen molar-refractivity contribution in [2.45, 2.75) is 30.6 Å². The fraction of sp³-hybridized carbons (Fsp3) is 0.333. The van der Waals surface area contributed by atoms with Crippen LogP contribution >= 0.6 is 23.1 Å². The largest absolute Gasteiger partial charge is 0.333 e. The maximum absolute atomic E-state index is 13.1. The van der Waals surface area contributed by atoms with Crippen LogP contribution in [0, 0.1) is 5.82 Å². The smallest absolute Gasteiger partial charge is 0.321 e. The average Bonchev–Trinajstić information content (AvgIpc) is 2.90. The maximum Gasteiger partial charge on any atom is 0.321 e. The molecule has 0 bridgehead atoms. The van der Waals surface area contributed by atoms with Gasteiger partial charge < -0.3 is 10.6 Å². The molecule has 1 aromatic heterocycles. The zero-order chi connectivity index (χ0) is 18.4. The highest BCUT2D eigenvalue weighted by Crippen LogP contribution is 2.25. The van der Waals surface area contributed by atoms with Gasteiger partial charge in [0.15, 0.2) is 4.34 Å². The number of nitrogens with one attached hydrogen (secondary N) is 3. The Balaban J connectivity index is 1.81. The van der Waals surface area contributed by atoms with Crippen LogP contribution in [-0.4, -0.2) is 33.4 Å². The van der Waals surface area contributed by atoms with Gasteiger partial charge in [0.25, 0.3) is 0 Å². The minimum absolute atomic E-state index is 0.0966. The predicted molar refractivity (Wildman–Crippen MR) is 97.6 cm³/mol. The van der Waals surface area contributed by atoms with Crippen LogP contribution in [0.4, 0.5) is 20.0 Å². The molecule has 0 saturated carbocycles. The van der Waals surface area contributed by atoms with Crippen molar-refractivity contribution >= 4 is 45.9 Å². The summed E-state index contributed by atoms with van der Waals surface area (Å²) in [6, 6.07) is 5.29. The Bertz CT molecular complexity index is 760. The van der Waals surface area contributed by atoms with Crippen molar-refractivity contribution in [3.63, 3.8) is 0 Å². The lowest BCUT2D eigenvalue weighted by atomic mass is 10.1. The first-order chi connectivity index (χ1) is 11.7. The van der Waals surface area contributed by atoms with Crippen LogP contribution in [0.25, 0.3) is 0 Å². The number of hydrogen-bond acceptors (Lipinski definition) is 6. The molecule has 3 amide bonds. The number of aromatic nitrogens is 2. The van der Waals surface area contributed by atoms with E-state index in [1.807, 2.05) is 20.8 Å². The van der Waals surface area contributed by atoms with E-state index >= 15 is 0 Å². The van der Waals surface area contributed by atoms with E-state index in [1.54, 1.807) is 6.07 Å². The number of nitrogens with zero attached hydrogens (tertiary/aromatic N) is 2. The Morgan fingerprint density at radius 1 is 1.24 bits per heavy atom. The highest BCUT2D eigenvalue weighted by atomic mass is 32.2. The molecule has 0 unspecified atom stereocenters. The van der Waals surface area contributed by atoms with E-state index in [1.165, 1.54) is 41.3 Å². The van der Waals surface area contributed by atoms with Crippen molar-refractivity contribution in [1.29, 1.82) is 0 Å². The van der Waals surface area contributed by atoms with E-state index in [4.69, 9.17) is 0 Å². The second kappa shape index (κ2) is 8.26. The van der Waals surface area contributed by atoms with Gasteiger partial charge in [0.2, 0.25) is 11.0 Å². The monoisotopic (exact) mass is 383 g/mol. The van der Waals surface area contributed by atoms with E-state index in [0.29, 0.717) is 15.2 Å². The molecule has 2 rings (SSSR count). The van der Waals surface area contributed by atoms with E-state index in [-0.39, 0.29) is 23.2 Å². The first-order valence-corrected chi connectivity index (χ1v) is 9.12. The van der Waals surface area contributed by atoms with Gasteiger partial charge in [-0.25, -0.2) is 9.18 Å². The molecule has 0 aliphatic carbocycles.